The van der Waals surface area contributed by atoms with Crippen LogP contribution in [0.4, 0.5) is 5.69 Å². The maximum absolute atomic E-state index is 6.37. The van der Waals surface area contributed by atoms with Crippen LogP contribution in [0.2, 0.25) is 0 Å². The lowest BCUT2D eigenvalue weighted by molar-refractivity contribution is 0.225. The minimum atomic E-state index is -0.345. The van der Waals surface area contributed by atoms with E-state index in [1.807, 2.05) is 24.3 Å². The molecule has 0 saturated heterocycles. The second kappa shape index (κ2) is 10.1. The summed E-state index contributed by atoms with van der Waals surface area (Å²) in [6.45, 7) is 6.63. The highest BCUT2D eigenvalue weighted by Gasteiger charge is 2.26. The molecule has 2 aromatic carbocycles. The van der Waals surface area contributed by atoms with Gasteiger partial charge in [0, 0.05) is 22.6 Å². The Hall–Kier alpha value is -2.60. The summed E-state index contributed by atoms with van der Waals surface area (Å²) in [5.41, 5.74) is 4.97. The zero-order valence-electron chi connectivity index (χ0n) is 18.5. The Labute approximate surface area is 189 Å². The Kier molecular flexibility index (Phi) is 7.07. The Morgan fingerprint density at radius 3 is 2.58 bits per heavy atom. The first kappa shape index (κ1) is 21.6. The second-order valence-corrected chi connectivity index (χ2v) is 9.23. The van der Waals surface area contributed by atoms with Gasteiger partial charge < -0.3 is 10.1 Å². The molecular formula is C25H30N4OS. The lowest BCUT2D eigenvalue weighted by atomic mass is 10.0. The molecule has 0 radical (unpaired) electrons. The number of fused-ring (bicyclic) bond motifs is 3. The molecule has 0 unspecified atom stereocenters. The molecule has 1 aliphatic rings. The highest BCUT2D eigenvalue weighted by Crippen LogP contribution is 2.39. The smallest absolute Gasteiger partial charge is 0.247 e. The van der Waals surface area contributed by atoms with E-state index in [1.54, 1.807) is 11.8 Å². The summed E-state index contributed by atoms with van der Waals surface area (Å²) < 4.78 is 6.37. The third-order valence-corrected chi connectivity index (χ3v) is 6.39. The standard InChI is InChI=1S/C25H30N4OS/c1-4-5-6-9-16-31-25-27-24-22(28-29-25)20-10-7-8-11-21(20)26-23(30-24)19-14-12-18(13-15-19)17(2)3/h7-8,10-15,17,23,26H,4-6,9,16H2,1-3H3/t23-/m1/s1. The number of nitrogens with zero attached hydrogens (tertiary/aromatic N) is 3. The third kappa shape index (κ3) is 5.18. The van der Waals surface area contributed by atoms with Crippen molar-refractivity contribution in [2.24, 2.45) is 0 Å². The maximum atomic E-state index is 6.37. The zero-order valence-corrected chi connectivity index (χ0v) is 19.3. The van der Waals surface area contributed by atoms with Crippen LogP contribution in [0, 0.1) is 0 Å². The summed E-state index contributed by atoms with van der Waals surface area (Å²) in [5.74, 6) is 2.02. The van der Waals surface area contributed by atoms with Gasteiger partial charge in [-0.1, -0.05) is 94.3 Å². The molecule has 6 heteroatoms. The van der Waals surface area contributed by atoms with Crippen molar-refractivity contribution in [3.05, 3.63) is 59.7 Å². The topological polar surface area (TPSA) is 59.9 Å². The molecule has 1 N–H and O–H groups in total. The zero-order chi connectivity index (χ0) is 21.6. The molecule has 31 heavy (non-hydrogen) atoms. The van der Waals surface area contributed by atoms with Gasteiger partial charge in [0.25, 0.3) is 0 Å². The Bertz CT molecular complexity index is 1010. The fraction of sp³-hybridized carbons (Fsp3) is 0.400. The number of nitrogens with one attached hydrogen (secondary N) is 1. The van der Waals surface area contributed by atoms with Crippen molar-refractivity contribution in [2.45, 2.75) is 63.8 Å². The van der Waals surface area contributed by atoms with E-state index in [9.17, 15) is 0 Å². The molecule has 0 aliphatic carbocycles. The summed E-state index contributed by atoms with van der Waals surface area (Å²) in [6, 6.07) is 16.7. The van der Waals surface area contributed by atoms with Crippen LogP contribution in [-0.2, 0) is 0 Å². The highest BCUT2D eigenvalue weighted by atomic mass is 32.2. The van der Waals surface area contributed by atoms with E-state index in [2.05, 4.69) is 60.6 Å². The summed E-state index contributed by atoms with van der Waals surface area (Å²) in [7, 11) is 0. The van der Waals surface area contributed by atoms with Gasteiger partial charge in [0.1, 0.15) is 0 Å². The van der Waals surface area contributed by atoms with Crippen LogP contribution in [0.5, 0.6) is 5.88 Å². The fourth-order valence-corrected chi connectivity index (χ4v) is 4.38. The monoisotopic (exact) mass is 434 g/mol. The number of thioether (sulfide) groups is 1. The minimum Gasteiger partial charge on any atom is -0.448 e. The van der Waals surface area contributed by atoms with Gasteiger partial charge in [0.15, 0.2) is 11.9 Å². The van der Waals surface area contributed by atoms with Crippen molar-refractivity contribution >= 4 is 17.4 Å². The minimum absolute atomic E-state index is 0.345. The van der Waals surface area contributed by atoms with Gasteiger partial charge in [0.2, 0.25) is 11.0 Å². The number of para-hydroxylation sites is 1. The van der Waals surface area contributed by atoms with Gasteiger partial charge >= 0.3 is 0 Å². The first-order chi connectivity index (χ1) is 15.2. The third-order valence-electron chi connectivity index (χ3n) is 5.47. The van der Waals surface area contributed by atoms with Crippen LogP contribution in [-0.4, -0.2) is 20.9 Å². The van der Waals surface area contributed by atoms with Gasteiger partial charge in [-0.15, -0.1) is 10.2 Å². The second-order valence-electron chi connectivity index (χ2n) is 8.17. The lowest BCUT2D eigenvalue weighted by Gasteiger charge is -2.20. The predicted molar refractivity (Wildman–Crippen MR) is 128 cm³/mol. The lowest BCUT2D eigenvalue weighted by Crippen LogP contribution is -2.17. The van der Waals surface area contributed by atoms with Crippen molar-refractivity contribution in [3.63, 3.8) is 0 Å². The van der Waals surface area contributed by atoms with Crippen molar-refractivity contribution < 1.29 is 4.74 Å². The molecule has 0 saturated carbocycles. The Morgan fingerprint density at radius 1 is 1.00 bits per heavy atom. The van der Waals surface area contributed by atoms with E-state index in [4.69, 9.17) is 9.72 Å². The van der Waals surface area contributed by atoms with Crippen LogP contribution in [0.25, 0.3) is 11.3 Å². The van der Waals surface area contributed by atoms with Gasteiger partial charge in [0.05, 0.1) is 0 Å². The number of ether oxygens (including phenoxy) is 1. The van der Waals surface area contributed by atoms with E-state index >= 15 is 0 Å². The fourth-order valence-electron chi connectivity index (χ4n) is 3.61. The molecule has 162 valence electrons. The molecule has 0 amide bonds. The number of unbranched alkanes of at least 4 members (excludes halogenated alkanes) is 3. The first-order valence-corrected chi connectivity index (χ1v) is 12.1. The van der Waals surface area contributed by atoms with Crippen molar-refractivity contribution in [1.82, 2.24) is 15.2 Å². The summed E-state index contributed by atoms with van der Waals surface area (Å²) in [6.07, 6.45) is 4.57. The van der Waals surface area contributed by atoms with E-state index in [-0.39, 0.29) is 6.23 Å². The molecule has 1 aromatic heterocycles. The Balaban J connectivity index is 1.61. The number of aromatic nitrogens is 3. The van der Waals surface area contributed by atoms with E-state index < -0.39 is 0 Å². The van der Waals surface area contributed by atoms with Crippen LogP contribution >= 0.6 is 11.8 Å². The summed E-state index contributed by atoms with van der Waals surface area (Å²) in [4.78, 5) is 4.74. The highest BCUT2D eigenvalue weighted by molar-refractivity contribution is 7.99. The van der Waals surface area contributed by atoms with Crippen molar-refractivity contribution in [2.75, 3.05) is 11.1 Å². The molecule has 0 spiro atoms. The number of hydrogen-bond acceptors (Lipinski definition) is 6. The van der Waals surface area contributed by atoms with Gasteiger partial charge in [-0.3, -0.25) is 0 Å². The molecular weight excluding hydrogens is 404 g/mol. The number of benzene rings is 2. The van der Waals surface area contributed by atoms with E-state index in [0.29, 0.717) is 22.6 Å². The quantitative estimate of drug-likeness (QED) is 0.309. The molecule has 5 nitrogen and oxygen atoms in total. The number of rotatable bonds is 8. The molecule has 3 aromatic rings. The average molecular weight is 435 g/mol. The molecule has 0 bridgehead atoms. The number of hydrogen-bond donors (Lipinski definition) is 1. The van der Waals surface area contributed by atoms with Crippen LogP contribution in [0.3, 0.4) is 0 Å². The van der Waals surface area contributed by atoms with Crippen LogP contribution in [0.1, 0.15) is 69.7 Å². The largest absolute Gasteiger partial charge is 0.448 e. The van der Waals surface area contributed by atoms with Crippen LogP contribution < -0.4 is 10.1 Å². The van der Waals surface area contributed by atoms with Gasteiger partial charge in [-0.25, -0.2) is 0 Å². The molecule has 4 rings (SSSR count). The van der Waals surface area contributed by atoms with Crippen molar-refractivity contribution in [3.8, 4) is 17.1 Å². The average Bonchev–Trinajstić information content (AvgIpc) is 2.95. The SMILES string of the molecule is CCCCCCSc1nnc2c(n1)O[C@H](c1ccc(C(C)C)cc1)Nc1ccccc1-2. The summed E-state index contributed by atoms with van der Waals surface area (Å²) in [5, 5.41) is 13.1. The molecule has 1 atom stereocenters. The molecule has 0 fully saturated rings. The Morgan fingerprint density at radius 2 is 1.81 bits per heavy atom. The van der Waals surface area contributed by atoms with E-state index in [1.165, 1.54) is 24.8 Å². The molecule has 1 aliphatic heterocycles. The molecule has 2 heterocycles. The van der Waals surface area contributed by atoms with Crippen LogP contribution in [0.15, 0.2) is 53.7 Å². The predicted octanol–water partition coefficient (Wildman–Crippen LogP) is 6.84. The maximum Gasteiger partial charge on any atom is 0.247 e. The normalized spacial score (nSPS) is 14.9. The first-order valence-electron chi connectivity index (χ1n) is 11.2. The summed E-state index contributed by atoms with van der Waals surface area (Å²) >= 11 is 1.65. The van der Waals surface area contributed by atoms with E-state index in [0.717, 1.165) is 29.0 Å². The van der Waals surface area contributed by atoms with Gasteiger partial charge in [-0.05, 0) is 24.0 Å². The number of anilines is 1. The van der Waals surface area contributed by atoms with Crippen molar-refractivity contribution in [1.29, 1.82) is 0 Å². The van der Waals surface area contributed by atoms with Gasteiger partial charge in [-0.2, -0.15) is 4.98 Å².